The maximum atomic E-state index is 12.4. The Bertz CT molecular complexity index is 542. The Morgan fingerprint density at radius 1 is 1.29 bits per heavy atom. The molecule has 0 unspecified atom stereocenters. The van der Waals surface area contributed by atoms with E-state index < -0.39 is 0 Å². The summed E-state index contributed by atoms with van der Waals surface area (Å²) in [6.45, 7) is 5.84. The molecule has 1 aromatic heterocycles. The number of carbonyl (C=O) groups excluding carboxylic acids is 1. The molecule has 6 nitrogen and oxygen atoms in total. The van der Waals surface area contributed by atoms with Gasteiger partial charge in [0.15, 0.2) is 0 Å². The first-order valence-corrected chi connectivity index (χ1v) is 9.21. The number of amides is 1. The van der Waals surface area contributed by atoms with E-state index in [1.165, 1.54) is 25.9 Å². The van der Waals surface area contributed by atoms with E-state index in [0.717, 1.165) is 44.8 Å². The standard InChI is InChI=1S/C18H27N3O3/c22-18(19-6-10-20-7-1-2-8-20)17-12-15-16(24-17)5-9-21(15)13-14-4-3-11-23-14/h3-4,11,15-17H,1-2,5-10,12-13H2,(H,19,22)/t15-,16-,17-/m0/s1. The summed E-state index contributed by atoms with van der Waals surface area (Å²) in [6.07, 6.45) is 5.98. The van der Waals surface area contributed by atoms with Gasteiger partial charge in [-0.2, -0.15) is 0 Å². The van der Waals surface area contributed by atoms with Crippen molar-refractivity contribution in [3.05, 3.63) is 24.2 Å². The molecule has 3 aliphatic heterocycles. The van der Waals surface area contributed by atoms with Crippen LogP contribution in [0.4, 0.5) is 0 Å². The lowest BCUT2D eigenvalue weighted by atomic mass is 10.1. The second-order valence-corrected chi connectivity index (χ2v) is 7.14. The van der Waals surface area contributed by atoms with E-state index in [-0.39, 0.29) is 18.1 Å². The van der Waals surface area contributed by atoms with Crippen LogP contribution in [0.3, 0.4) is 0 Å². The summed E-state index contributed by atoms with van der Waals surface area (Å²) >= 11 is 0. The quantitative estimate of drug-likeness (QED) is 0.848. The molecule has 1 aromatic rings. The monoisotopic (exact) mass is 333 g/mol. The molecule has 0 bridgehead atoms. The van der Waals surface area contributed by atoms with Gasteiger partial charge in [0.25, 0.3) is 0 Å². The lowest BCUT2D eigenvalue weighted by Crippen LogP contribution is -2.40. The molecule has 24 heavy (non-hydrogen) atoms. The number of fused-ring (bicyclic) bond motifs is 1. The second-order valence-electron chi connectivity index (χ2n) is 7.14. The van der Waals surface area contributed by atoms with Crippen LogP contribution in [-0.2, 0) is 16.1 Å². The molecule has 3 fully saturated rings. The first kappa shape index (κ1) is 16.1. The summed E-state index contributed by atoms with van der Waals surface area (Å²) in [4.78, 5) is 17.2. The van der Waals surface area contributed by atoms with Crippen LogP contribution in [0.5, 0.6) is 0 Å². The lowest BCUT2D eigenvalue weighted by molar-refractivity contribution is -0.132. The fourth-order valence-corrected chi connectivity index (χ4v) is 4.26. The summed E-state index contributed by atoms with van der Waals surface area (Å²) in [7, 11) is 0. The number of furan rings is 1. The van der Waals surface area contributed by atoms with E-state index in [9.17, 15) is 4.79 Å². The van der Waals surface area contributed by atoms with Crippen LogP contribution in [0.2, 0.25) is 0 Å². The predicted octanol–water partition coefficient (Wildman–Crippen LogP) is 1.22. The molecule has 6 heteroatoms. The van der Waals surface area contributed by atoms with Gasteiger partial charge in [0.05, 0.1) is 18.9 Å². The minimum Gasteiger partial charge on any atom is -0.468 e. The van der Waals surface area contributed by atoms with Crippen molar-refractivity contribution >= 4 is 5.91 Å². The van der Waals surface area contributed by atoms with Crippen molar-refractivity contribution in [1.82, 2.24) is 15.1 Å². The SMILES string of the molecule is O=C(NCCN1CCCC1)[C@@H]1C[C@H]2[C@H](CCN2Cc2ccco2)O1. The fraction of sp³-hybridized carbons (Fsp3) is 0.722. The highest BCUT2D eigenvalue weighted by Gasteiger charge is 2.45. The summed E-state index contributed by atoms with van der Waals surface area (Å²) in [5.74, 6) is 1.04. The molecule has 0 radical (unpaired) electrons. The average Bonchev–Trinajstić information content (AvgIpc) is 3.34. The summed E-state index contributed by atoms with van der Waals surface area (Å²) in [6, 6.07) is 4.26. The minimum atomic E-state index is -0.294. The van der Waals surface area contributed by atoms with Gasteiger partial charge in [-0.15, -0.1) is 0 Å². The number of ether oxygens (including phenoxy) is 1. The highest BCUT2D eigenvalue weighted by atomic mass is 16.5. The molecule has 1 N–H and O–H groups in total. The van der Waals surface area contributed by atoms with Crippen LogP contribution in [0.15, 0.2) is 22.8 Å². The topological polar surface area (TPSA) is 58.0 Å². The van der Waals surface area contributed by atoms with Crippen molar-refractivity contribution in [2.45, 2.75) is 50.5 Å². The number of carbonyl (C=O) groups is 1. The first-order chi connectivity index (χ1) is 11.8. The third-order valence-corrected chi connectivity index (χ3v) is 5.55. The van der Waals surface area contributed by atoms with Crippen molar-refractivity contribution < 1.29 is 13.9 Å². The molecule has 132 valence electrons. The van der Waals surface area contributed by atoms with E-state index in [2.05, 4.69) is 15.1 Å². The van der Waals surface area contributed by atoms with Crippen molar-refractivity contribution in [2.75, 3.05) is 32.7 Å². The Labute approximate surface area is 143 Å². The molecule has 3 atom stereocenters. The number of rotatable bonds is 6. The molecule has 4 heterocycles. The van der Waals surface area contributed by atoms with Crippen LogP contribution < -0.4 is 5.32 Å². The molecule has 0 saturated carbocycles. The zero-order chi connectivity index (χ0) is 16.4. The van der Waals surface area contributed by atoms with Gasteiger partial charge in [0.1, 0.15) is 11.9 Å². The van der Waals surface area contributed by atoms with E-state index >= 15 is 0 Å². The van der Waals surface area contributed by atoms with E-state index in [0.29, 0.717) is 6.04 Å². The Balaban J connectivity index is 1.24. The number of nitrogens with zero attached hydrogens (tertiary/aromatic N) is 2. The Kier molecular flexibility index (Phi) is 4.87. The van der Waals surface area contributed by atoms with Gasteiger partial charge in [0.2, 0.25) is 5.91 Å². The third kappa shape index (κ3) is 3.50. The molecule has 0 spiro atoms. The van der Waals surface area contributed by atoms with Gasteiger partial charge in [-0.3, -0.25) is 9.69 Å². The van der Waals surface area contributed by atoms with Crippen molar-refractivity contribution in [2.24, 2.45) is 0 Å². The van der Waals surface area contributed by atoms with Gasteiger partial charge in [-0.25, -0.2) is 0 Å². The number of nitrogens with one attached hydrogen (secondary N) is 1. The number of likely N-dealkylation sites (tertiary alicyclic amines) is 2. The van der Waals surface area contributed by atoms with Gasteiger partial charge < -0.3 is 19.4 Å². The maximum absolute atomic E-state index is 12.4. The highest BCUT2D eigenvalue weighted by Crippen LogP contribution is 2.33. The van der Waals surface area contributed by atoms with Crippen molar-refractivity contribution in [3.63, 3.8) is 0 Å². The summed E-state index contributed by atoms with van der Waals surface area (Å²) in [5.41, 5.74) is 0. The van der Waals surface area contributed by atoms with Gasteiger partial charge in [-0.1, -0.05) is 0 Å². The average molecular weight is 333 g/mol. The third-order valence-electron chi connectivity index (χ3n) is 5.55. The molecule has 0 aromatic carbocycles. The van der Waals surface area contributed by atoms with E-state index in [1.807, 2.05) is 12.1 Å². The number of hydrogen-bond acceptors (Lipinski definition) is 5. The molecular weight excluding hydrogens is 306 g/mol. The smallest absolute Gasteiger partial charge is 0.249 e. The Morgan fingerprint density at radius 3 is 2.96 bits per heavy atom. The lowest BCUT2D eigenvalue weighted by Gasteiger charge is -2.21. The molecule has 3 aliphatic rings. The Morgan fingerprint density at radius 2 is 2.17 bits per heavy atom. The molecular formula is C18H27N3O3. The van der Waals surface area contributed by atoms with E-state index in [1.54, 1.807) is 6.26 Å². The highest BCUT2D eigenvalue weighted by molar-refractivity contribution is 5.81. The van der Waals surface area contributed by atoms with Gasteiger partial charge >= 0.3 is 0 Å². The normalized spacial score (nSPS) is 30.8. The zero-order valence-electron chi connectivity index (χ0n) is 14.2. The minimum absolute atomic E-state index is 0.0570. The maximum Gasteiger partial charge on any atom is 0.249 e. The molecule has 0 aliphatic carbocycles. The predicted molar refractivity (Wildman–Crippen MR) is 89.5 cm³/mol. The molecule has 3 saturated heterocycles. The Hall–Kier alpha value is -1.37. The fourth-order valence-electron chi connectivity index (χ4n) is 4.26. The van der Waals surface area contributed by atoms with Crippen molar-refractivity contribution in [3.8, 4) is 0 Å². The van der Waals surface area contributed by atoms with Crippen LogP contribution >= 0.6 is 0 Å². The van der Waals surface area contributed by atoms with E-state index in [4.69, 9.17) is 9.15 Å². The van der Waals surface area contributed by atoms with Crippen LogP contribution in [0.1, 0.15) is 31.4 Å². The van der Waals surface area contributed by atoms with Crippen molar-refractivity contribution in [1.29, 1.82) is 0 Å². The van der Waals surface area contributed by atoms with Crippen LogP contribution in [-0.4, -0.2) is 66.7 Å². The molecule has 1 amide bonds. The van der Waals surface area contributed by atoms with Crippen LogP contribution in [0, 0.1) is 0 Å². The largest absolute Gasteiger partial charge is 0.468 e. The second kappa shape index (κ2) is 7.25. The number of hydrogen-bond donors (Lipinski definition) is 1. The summed E-state index contributed by atoms with van der Waals surface area (Å²) in [5, 5.41) is 3.06. The first-order valence-electron chi connectivity index (χ1n) is 9.21. The van der Waals surface area contributed by atoms with Crippen LogP contribution in [0.25, 0.3) is 0 Å². The van der Waals surface area contributed by atoms with Gasteiger partial charge in [-0.05, 0) is 44.5 Å². The summed E-state index contributed by atoms with van der Waals surface area (Å²) < 4.78 is 11.5. The zero-order valence-corrected chi connectivity index (χ0v) is 14.2. The molecule has 4 rings (SSSR count). The van der Waals surface area contributed by atoms with Gasteiger partial charge in [0, 0.05) is 32.1 Å².